The minimum atomic E-state index is -2.88. The molecule has 2 N–H and O–H groups in total. The normalized spacial score (nSPS) is 33.1. The lowest BCUT2D eigenvalue weighted by molar-refractivity contribution is 0.0661. The van der Waals surface area contributed by atoms with Gasteiger partial charge in [0.15, 0.2) is 9.84 Å². The van der Waals surface area contributed by atoms with E-state index in [1.54, 1.807) is 0 Å². The number of likely N-dealkylation sites (tertiary alicyclic amines) is 1. The van der Waals surface area contributed by atoms with E-state index in [1.807, 2.05) is 0 Å². The molecule has 2 fully saturated rings. The van der Waals surface area contributed by atoms with Crippen LogP contribution in [0.4, 0.5) is 0 Å². The first kappa shape index (κ1) is 15.2. The van der Waals surface area contributed by atoms with E-state index in [9.17, 15) is 8.42 Å². The van der Waals surface area contributed by atoms with E-state index in [4.69, 9.17) is 5.73 Å². The Bertz CT molecular complexity index is 402. The Kier molecular flexibility index (Phi) is 4.55. The Morgan fingerprint density at radius 2 is 1.95 bits per heavy atom. The van der Waals surface area contributed by atoms with Crippen molar-refractivity contribution in [3.63, 3.8) is 0 Å². The van der Waals surface area contributed by atoms with Crippen LogP contribution >= 0.6 is 0 Å². The summed E-state index contributed by atoms with van der Waals surface area (Å²) < 4.78 is 23.5. The van der Waals surface area contributed by atoms with Gasteiger partial charge in [0.05, 0.1) is 11.5 Å². The van der Waals surface area contributed by atoms with Gasteiger partial charge >= 0.3 is 0 Å². The quantitative estimate of drug-likeness (QED) is 0.775. The van der Waals surface area contributed by atoms with E-state index in [1.165, 1.54) is 0 Å². The topological polar surface area (TPSA) is 66.6 Å². The van der Waals surface area contributed by atoms with Gasteiger partial charge in [-0.1, -0.05) is 0 Å². The minimum Gasteiger partial charge on any atom is -0.329 e. The van der Waals surface area contributed by atoms with Crippen molar-refractivity contribution in [2.75, 3.05) is 51.8 Å². The summed E-state index contributed by atoms with van der Waals surface area (Å²) >= 11 is 0. The van der Waals surface area contributed by atoms with Gasteiger partial charge in [0.25, 0.3) is 0 Å². The molecule has 6 heteroatoms. The molecule has 5 nitrogen and oxygen atoms in total. The molecule has 112 valence electrons. The summed E-state index contributed by atoms with van der Waals surface area (Å²) in [6.07, 6.45) is 3.02. The Morgan fingerprint density at radius 3 is 2.37 bits per heavy atom. The second-order valence-electron chi connectivity index (χ2n) is 6.46. The first-order valence-corrected chi connectivity index (χ1v) is 8.99. The lowest BCUT2D eigenvalue weighted by atomic mass is 9.89. The molecular formula is C13H27N3O2S. The van der Waals surface area contributed by atoms with Gasteiger partial charge < -0.3 is 10.6 Å². The summed E-state index contributed by atoms with van der Waals surface area (Å²) in [5, 5.41) is 0. The maximum atomic E-state index is 11.8. The van der Waals surface area contributed by atoms with Crippen molar-refractivity contribution >= 4 is 9.84 Å². The molecule has 0 aromatic heterocycles. The van der Waals surface area contributed by atoms with Crippen molar-refractivity contribution < 1.29 is 8.42 Å². The highest BCUT2D eigenvalue weighted by Gasteiger charge is 2.46. The average molecular weight is 289 g/mol. The van der Waals surface area contributed by atoms with Gasteiger partial charge in [-0.3, -0.25) is 4.90 Å². The monoisotopic (exact) mass is 289 g/mol. The van der Waals surface area contributed by atoms with Crippen LogP contribution in [0.3, 0.4) is 0 Å². The number of nitrogens with zero attached hydrogens (tertiary/aromatic N) is 2. The lowest BCUT2D eigenvalue weighted by Crippen LogP contribution is -2.57. The molecule has 2 rings (SSSR count). The number of nitrogens with two attached hydrogens (primary N) is 1. The third kappa shape index (κ3) is 3.48. The van der Waals surface area contributed by atoms with Crippen LogP contribution in [0.1, 0.15) is 19.3 Å². The van der Waals surface area contributed by atoms with Crippen LogP contribution < -0.4 is 5.73 Å². The molecule has 1 atom stereocenters. The molecule has 2 aliphatic heterocycles. The highest BCUT2D eigenvalue weighted by Crippen LogP contribution is 2.32. The second kappa shape index (κ2) is 5.68. The Hall–Kier alpha value is -0.170. The molecule has 0 aromatic rings. The molecule has 2 aliphatic rings. The van der Waals surface area contributed by atoms with Gasteiger partial charge in [0.2, 0.25) is 0 Å². The van der Waals surface area contributed by atoms with Crippen LogP contribution in [0.5, 0.6) is 0 Å². The molecule has 2 saturated heterocycles. The first-order valence-electron chi connectivity index (χ1n) is 7.17. The van der Waals surface area contributed by atoms with Gasteiger partial charge in [0.1, 0.15) is 0 Å². The van der Waals surface area contributed by atoms with Crippen molar-refractivity contribution in [3.05, 3.63) is 0 Å². The van der Waals surface area contributed by atoms with Crippen LogP contribution in [0, 0.1) is 5.92 Å². The van der Waals surface area contributed by atoms with Gasteiger partial charge in [-0.05, 0) is 52.4 Å². The van der Waals surface area contributed by atoms with Gasteiger partial charge in [-0.2, -0.15) is 0 Å². The smallest absolute Gasteiger partial charge is 0.152 e. The molecule has 0 saturated carbocycles. The maximum absolute atomic E-state index is 11.8. The first-order chi connectivity index (χ1) is 8.87. The summed E-state index contributed by atoms with van der Waals surface area (Å²) in [4.78, 5) is 4.59. The standard InChI is InChI=1S/C13H27N3O2S/c1-15(2)9-12-3-6-16(7-4-12)13(10-14)5-8-19(17,18)11-13/h12H,3-11,14H2,1-2H3. The highest BCUT2D eigenvalue weighted by molar-refractivity contribution is 7.91. The SMILES string of the molecule is CN(C)CC1CCN(C2(CN)CCS(=O)(=O)C2)CC1. The largest absolute Gasteiger partial charge is 0.329 e. The number of piperidine rings is 1. The van der Waals surface area contributed by atoms with E-state index >= 15 is 0 Å². The molecule has 0 aromatic carbocycles. The zero-order chi connectivity index (χ0) is 14.1. The molecule has 0 radical (unpaired) electrons. The molecule has 1 unspecified atom stereocenters. The average Bonchev–Trinajstić information content (AvgIpc) is 2.66. The second-order valence-corrected chi connectivity index (χ2v) is 8.65. The van der Waals surface area contributed by atoms with Crippen molar-refractivity contribution in [2.24, 2.45) is 11.7 Å². The molecule has 2 heterocycles. The fraction of sp³-hybridized carbons (Fsp3) is 1.00. The van der Waals surface area contributed by atoms with E-state index in [0.717, 1.165) is 38.4 Å². The predicted octanol–water partition coefficient (Wildman–Crippen LogP) is -0.224. The van der Waals surface area contributed by atoms with E-state index < -0.39 is 9.84 Å². The third-order valence-electron chi connectivity index (χ3n) is 4.66. The van der Waals surface area contributed by atoms with E-state index in [2.05, 4.69) is 23.9 Å². The van der Waals surface area contributed by atoms with Crippen LogP contribution in [-0.2, 0) is 9.84 Å². The molecule has 0 spiro atoms. The molecule has 0 amide bonds. The van der Waals surface area contributed by atoms with Crippen LogP contribution in [0.25, 0.3) is 0 Å². The molecule has 0 bridgehead atoms. The Labute approximate surface area is 117 Å². The van der Waals surface area contributed by atoms with Crippen LogP contribution in [-0.4, -0.2) is 75.5 Å². The van der Waals surface area contributed by atoms with Crippen LogP contribution in [0.15, 0.2) is 0 Å². The minimum absolute atomic E-state index is 0.259. The van der Waals surface area contributed by atoms with Crippen molar-refractivity contribution in [1.82, 2.24) is 9.80 Å². The fourth-order valence-electron chi connectivity index (χ4n) is 3.54. The third-order valence-corrected chi connectivity index (χ3v) is 6.46. The summed E-state index contributed by atoms with van der Waals surface area (Å²) in [7, 11) is 1.34. The zero-order valence-electron chi connectivity index (χ0n) is 12.1. The summed E-state index contributed by atoms with van der Waals surface area (Å²) in [5.74, 6) is 1.30. The lowest BCUT2D eigenvalue weighted by Gasteiger charge is -2.44. The zero-order valence-corrected chi connectivity index (χ0v) is 13.0. The maximum Gasteiger partial charge on any atom is 0.152 e. The number of sulfone groups is 1. The van der Waals surface area contributed by atoms with Gasteiger partial charge in [0, 0.05) is 18.6 Å². The molecular weight excluding hydrogens is 262 g/mol. The predicted molar refractivity (Wildman–Crippen MR) is 77.9 cm³/mol. The Morgan fingerprint density at radius 1 is 1.32 bits per heavy atom. The fourth-order valence-corrected chi connectivity index (χ4v) is 5.64. The number of rotatable bonds is 4. The summed E-state index contributed by atoms with van der Waals surface area (Å²) in [5.41, 5.74) is 5.65. The molecule has 0 aliphatic carbocycles. The van der Waals surface area contributed by atoms with Crippen molar-refractivity contribution in [2.45, 2.75) is 24.8 Å². The van der Waals surface area contributed by atoms with Crippen molar-refractivity contribution in [3.8, 4) is 0 Å². The van der Waals surface area contributed by atoms with Gasteiger partial charge in [-0.25, -0.2) is 8.42 Å². The van der Waals surface area contributed by atoms with E-state index in [0.29, 0.717) is 18.7 Å². The summed E-state index contributed by atoms with van der Waals surface area (Å²) in [6, 6.07) is 0. The molecule has 19 heavy (non-hydrogen) atoms. The number of hydrogen-bond acceptors (Lipinski definition) is 5. The summed E-state index contributed by atoms with van der Waals surface area (Å²) in [6.45, 7) is 3.57. The highest BCUT2D eigenvalue weighted by atomic mass is 32.2. The van der Waals surface area contributed by atoms with Crippen LogP contribution in [0.2, 0.25) is 0 Å². The number of hydrogen-bond donors (Lipinski definition) is 1. The van der Waals surface area contributed by atoms with Gasteiger partial charge in [-0.15, -0.1) is 0 Å². The van der Waals surface area contributed by atoms with E-state index in [-0.39, 0.29) is 11.3 Å². The Balaban J connectivity index is 1.96. The van der Waals surface area contributed by atoms with Crippen molar-refractivity contribution in [1.29, 1.82) is 0 Å².